The van der Waals surface area contributed by atoms with E-state index >= 15 is 0 Å². The number of amides is 1. The first kappa shape index (κ1) is 18.2. The number of anilines is 2. The van der Waals surface area contributed by atoms with Gasteiger partial charge in [0.2, 0.25) is 0 Å². The highest BCUT2D eigenvalue weighted by Crippen LogP contribution is 2.19. The molecule has 5 nitrogen and oxygen atoms in total. The van der Waals surface area contributed by atoms with Gasteiger partial charge in [0.1, 0.15) is 0 Å². The summed E-state index contributed by atoms with van der Waals surface area (Å²) < 4.78 is 0. The van der Waals surface area contributed by atoms with Crippen LogP contribution in [0, 0.1) is 11.3 Å². The summed E-state index contributed by atoms with van der Waals surface area (Å²) in [5.74, 6) is -0.0219. The summed E-state index contributed by atoms with van der Waals surface area (Å²) in [7, 11) is 0. The van der Waals surface area contributed by atoms with Crippen LogP contribution < -0.4 is 15.1 Å². The van der Waals surface area contributed by atoms with E-state index in [0.29, 0.717) is 11.3 Å². The summed E-state index contributed by atoms with van der Waals surface area (Å²) >= 11 is 6.08. The Balaban J connectivity index is 1.56. The molecular formula is C20H22ClN4O+. The standard InChI is InChI=1S/C20H21ClN4O/c1-15(20(26)23-18-6-2-4-16(12-18)14-22)24-8-10-25(11-9-24)19-7-3-5-17(21)13-19/h2-7,12-13,15H,8-11H2,1H3,(H,23,26)/p+1/t15-/m1/s1. The third-order valence-electron chi connectivity index (χ3n) is 4.84. The first-order chi connectivity index (χ1) is 12.6. The number of nitrogens with zero attached hydrogens (tertiary/aromatic N) is 2. The molecular weight excluding hydrogens is 348 g/mol. The lowest BCUT2D eigenvalue weighted by Crippen LogP contribution is -3.19. The number of carbonyl (C=O) groups is 1. The van der Waals surface area contributed by atoms with Crippen LogP contribution >= 0.6 is 11.6 Å². The topological polar surface area (TPSA) is 60.6 Å². The largest absolute Gasteiger partial charge is 0.360 e. The molecule has 1 fully saturated rings. The van der Waals surface area contributed by atoms with Crippen LogP contribution in [0.25, 0.3) is 0 Å². The van der Waals surface area contributed by atoms with Crippen LogP contribution in [0.3, 0.4) is 0 Å². The zero-order chi connectivity index (χ0) is 18.5. The summed E-state index contributed by atoms with van der Waals surface area (Å²) in [6, 6.07) is 16.8. The number of piperazine rings is 1. The average molecular weight is 370 g/mol. The molecule has 6 heteroatoms. The summed E-state index contributed by atoms with van der Waals surface area (Å²) in [5.41, 5.74) is 2.33. The average Bonchev–Trinajstić information content (AvgIpc) is 2.67. The Hall–Kier alpha value is -2.55. The maximum Gasteiger partial charge on any atom is 0.282 e. The lowest BCUT2D eigenvalue weighted by atomic mass is 10.1. The van der Waals surface area contributed by atoms with E-state index in [9.17, 15) is 4.79 Å². The van der Waals surface area contributed by atoms with Crippen molar-refractivity contribution in [3.05, 3.63) is 59.1 Å². The van der Waals surface area contributed by atoms with Crippen molar-refractivity contribution in [2.75, 3.05) is 36.4 Å². The van der Waals surface area contributed by atoms with Crippen molar-refractivity contribution in [3.63, 3.8) is 0 Å². The first-order valence-electron chi connectivity index (χ1n) is 8.73. The molecule has 134 valence electrons. The van der Waals surface area contributed by atoms with Gasteiger partial charge in [-0.2, -0.15) is 5.26 Å². The number of quaternary nitrogens is 1. The van der Waals surface area contributed by atoms with Gasteiger partial charge in [-0.15, -0.1) is 0 Å². The van der Waals surface area contributed by atoms with Crippen LogP contribution in [-0.4, -0.2) is 38.1 Å². The molecule has 1 saturated heterocycles. The highest BCUT2D eigenvalue weighted by molar-refractivity contribution is 6.30. The Bertz CT molecular complexity index is 825. The Labute approximate surface area is 158 Å². The second-order valence-corrected chi connectivity index (χ2v) is 6.97. The Morgan fingerprint density at radius 2 is 1.96 bits per heavy atom. The molecule has 1 atom stereocenters. The molecule has 26 heavy (non-hydrogen) atoms. The Morgan fingerprint density at radius 1 is 1.23 bits per heavy atom. The molecule has 1 amide bonds. The van der Waals surface area contributed by atoms with Crippen molar-refractivity contribution < 1.29 is 9.69 Å². The predicted molar refractivity (Wildman–Crippen MR) is 104 cm³/mol. The molecule has 2 aromatic carbocycles. The molecule has 0 saturated carbocycles. The predicted octanol–water partition coefficient (Wildman–Crippen LogP) is 1.94. The van der Waals surface area contributed by atoms with Crippen LogP contribution in [0.1, 0.15) is 12.5 Å². The SMILES string of the molecule is C[C@H](C(=O)Nc1cccc(C#N)c1)[NH+]1CCN(c2cccc(Cl)c2)CC1. The van der Waals surface area contributed by atoms with Gasteiger partial charge >= 0.3 is 0 Å². The van der Waals surface area contributed by atoms with E-state index < -0.39 is 0 Å². The third-order valence-corrected chi connectivity index (χ3v) is 5.08. The van der Waals surface area contributed by atoms with Gasteiger partial charge in [0, 0.05) is 16.4 Å². The fraction of sp³-hybridized carbons (Fsp3) is 0.300. The number of rotatable bonds is 4. The van der Waals surface area contributed by atoms with Crippen molar-refractivity contribution in [2.24, 2.45) is 0 Å². The third kappa shape index (κ3) is 4.34. The molecule has 0 unspecified atom stereocenters. The summed E-state index contributed by atoms with van der Waals surface area (Å²) in [4.78, 5) is 16.1. The number of benzene rings is 2. The van der Waals surface area contributed by atoms with Gasteiger partial charge in [-0.3, -0.25) is 4.79 Å². The van der Waals surface area contributed by atoms with Crippen LogP contribution in [0.15, 0.2) is 48.5 Å². The van der Waals surface area contributed by atoms with E-state index in [0.717, 1.165) is 36.9 Å². The van der Waals surface area contributed by atoms with Crippen molar-refractivity contribution in [1.29, 1.82) is 5.26 Å². The van der Waals surface area contributed by atoms with Crippen LogP contribution in [-0.2, 0) is 4.79 Å². The maximum atomic E-state index is 12.6. The fourth-order valence-electron chi connectivity index (χ4n) is 3.26. The minimum atomic E-state index is -0.151. The van der Waals surface area contributed by atoms with E-state index in [-0.39, 0.29) is 11.9 Å². The molecule has 0 aliphatic carbocycles. The molecule has 0 radical (unpaired) electrons. The van der Waals surface area contributed by atoms with E-state index in [1.807, 2.05) is 25.1 Å². The number of nitrogens with one attached hydrogen (secondary N) is 2. The van der Waals surface area contributed by atoms with Crippen molar-refractivity contribution in [1.82, 2.24) is 0 Å². The summed E-state index contributed by atoms with van der Waals surface area (Å²) in [6.45, 7) is 5.50. The zero-order valence-electron chi connectivity index (χ0n) is 14.7. The molecule has 1 aliphatic rings. The lowest BCUT2D eigenvalue weighted by molar-refractivity contribution is -0.914. The molecule has 2 N–H and O–H groups in total. The van der Waals surface area contributed by atoms with E-state index in [1.165, 1.54) is 4.90 Å². The first-order valence-corrected chi connectivity index (χ1v) is 9.11. The van der Waals surface area contributed by atoms with Crippen molar-refractivity contribution in [3.8, 4) is 6.07 Å². The number of halogens is 1. The molecule has 1 aliphatic heterocycles. The molecule has 0 spiro atoms. The van der Waals surface area contributed by atoms with Crippen LogP contribution in [0.4, 0.5) is 11.4 Å². The molecule has 0 bridgehead atoms. The van der Waals surface area contributed by atoms with Crippen molar-refractivity contribution in [2.45, 2.75) is 13.0 Å². The zero-order valence-corrected chi connectivity index (χ0v) is 15.5. The Morgan fingerprint density at radius 3 is 2.65 bits per heavy atom. The van der Waals surface area contributed by atoms with Gasteiger partial charge in [-0.1, -0.05) is 23.7 Å². The second kappa shape index (κ2) is 8.22. The number of hydrogen-bond donors (Lipinski definition) is 2. The molecule has 2 aromatic rings. The number of carbonyl (C=O) groups excluding carboxylic acids is 1. The Kier molecular flexibility index (Phi) is 5.77. The molecule has 0 aromatic heterocycles. The summed E-state index contributed by atoms with van der Waals surface area (Å²) in [5, 5.41) is 12.6. The van der Waals surface area contributed by atoms with E-state index in [2.05, 4.69) is 22.4 Å². The maximum absolute atomic E-state index is 12.6. The van der Waals surface area contributed by atoms with Gasteiger partial charge in [0.05, 0.1) is 37.8 Å². The van der Waals surface area contributed by atoms with E-state index in [1.54, 1.807) is 24.3 Å². The minimum absolute atomic E-state index is 0.0219. The van der Waals surface area contributed by atoms with Gasteiger partial charge in [-0.05, 0) is 43.3 Å². The quantitative estimate of drug-likeness (QED) is 0.866. The van der Waals surface area contributed by atoms with Crippen LogP contribution in [0.5, 0.6) is 0 Å². The van der Waals surface area contributed by atoms with Gasteiger partial charge < -0.3 is 15.1 Å². The van der Waals surface area contributed by atoms with Crippen LogP contribution in [0.2, 0.25) is 5.02 Å². The molecule has 3 rings (SSSR count). The van der Waals surface area contributed by atoms with Gasteiger partial charge in [0.15, 0.2) is 6.04 Å². The molecule has 1 heterocycles. The summed E-state index contributed by atoms with van der Waals surface area (Å²) in [6.07, 6.45) is 0. The van der Waals surface area contributed by atoms with E-state index in [4.69, 9.17) is 16.9 Å². The lowest BCUT2D eigenvalue weighted by Gasteiger charge is -2.36. The smallest absolute Gasteiger partial charge is 0.282 e. The van der Waals surface area contributed by atoms with Gasteiger partial charge in [0.25, 0.3) is 5.91 Å². The highest BCUT2D eigenvalue weighted by Gasteiger charge is 2.29. The monoisotopic (exact) mass is 369 g/mol. The minimum Gasteiger partial charge on any atom is -0.360 e. The normalized spacial score (nSPS) is 16.0. The fourth-order valence-corrected chi connectivity index (χ4v) is 3.44. The highest BCUT2D eigenvalue weighted by atomic mass is 35.5. The van der Waals surface area contributed by atoms with Gasteiger partial charge in [-0.25, -0.2) is 0 Å². The number of hydrogen-bond acceptors (Lipinski definition) is 3. The second-order valence-electron chi connectivity index (χ2n) is 6.53. The van der Waals surface area contributed by atoms with Crippen molar-refractivity contribution >= 4 is 28.9 Å². The number of nitriles is 1.